The molecule has 0 spiro atoms. The van der Waals surface area contributed by atoms with Crippen molar-refractivity contribution in [3.8, 4) is 5.75 Å². The van der Waals surface area contributed by atoms with Crippen molar-refractivity contribution in [3.63, 3.8) is 0 Å². The maximum Gasteiger partial charge on any atom is 0.140 e. The van der Waals surface area contributed by atoms with Crippen molar-refractivity contribution in [2.24, 2.45) is 0 Å². The summed E-state index contributed by atoms with van der Waals surface area (Å²) in [5.41, 5.74) is 0.940. The van der Waals surface area contributed by atoms with Crippen LogP contribution < -0.4 is 4.74 Å². The van der Waals surface area contributed by atoms with Crippen LogP contribution in [-0.2, 0) is 5.41 Å². The predicted molar refractivity (Wildman–Crippen MR) is 58.0 cm³/mol. The molecular formula is C12H17NO2. The highest BCUT2D eigenvalue weighted by Gasteiger charge is 2.38. The number of pyridine rings is 1. The third-order valence-corrected chi connectivity index (χ3v) is 3.28. The van der Waals surface area contributed by atoms with Gasteiger partial charge >= 0.3 is 0 Å². The lowest BCUT2D eigenvalue weighted by molar-refractivity contribution is 0.174. The van der Waals surface area contributed by atoms with Crippen LogP contribution in [0.2, 0.25) is 0 Å². The molecule has 1 aliphatic rings. The highest BCUT2D eigenvalue weighted by Crippen LogP contribution is 2.42. The van der Waals surface area contributed by atoms with Gasteiger partial charge in [0.05, 0.1) is 18.9 Å². The molecule has 3 nitrogen and oxygen atoms in total. The minimum atomic E-state index is -0.193. The zero-order valence-electron chi connectivity index (χ0n) is 9.23. The predicted octanol–water partition coefficient (Wildman–Crippen LogP) is 1.89. The molecule has 2 atom stereocenters. The van der Waals surface area contributed by atoms with E-state index in [4.69, 9.17) is 4.74 Å². The van der Waals surface area contributed by atoms with Gasteiger partial charge in [-0.15, -0.1) is 0 Å². The number of ether oxygens (including phenoxy) is 1. The van der Waals surface area contributed by atoms with Gasteiger partial charge in [0.2, 0.25) is 0 Å². The lowest BCUT2D eigenvalue weighted by Gasteiger charge is -2.24. The van der Waals surface area contributed by atoms with E-state index < -0.39 is 0 Å². The van der Waals surface area contributed by atoms with E-state index in [0.717, 1.165) is 30.7 Å². The fourth-order valence-electron chi connectivity index (χ4n) is 2.43. The Hall–Kier alpha value is -1.09. The van der Waals surface area contributed by atoms with Crippen LogP contribution in [0.3, 0.4) is 0 Å². The molecule has 2 rings (SSSR count). The van der Waals surface area contributed by atoms with Crippen molar-refractivity contribution in [2.75, 3.05) is 7.11 Å². The number of aliphatic hydroxyl groups excluding tert-OH is 1. The van der Waals surface area contributed by atoms with Gasteiger partial charge in [0, 0.05) is 11.6 Å². The summed E-state index contributed by atoms with van der Waals surface area (Å²) in [5, 5.41) is 9.62. The SMILES string of the molecule is COc1cccnc1C1(C)CCC(O)C1. The van der Waals surface area contributed by atoms with Gasteiger partial charge in [0.25, 0.3) is 0 Å². The molecule has 1 saturated carbocycles. The average Bonchev–Trinajstić information content (AvgIpc) is 2.60. The molecule has 1 aliphatic carbocycles. The number of aromatic nitrogens is 1. The summed E-state index contributed by atoms with van der Waals surface area (Å²) in [6, 6.07) is 3.80. The van der Waals surface area contributed by atoms with E-state index in [0.29, 0.717) is 0 Å². The molecule has 3 heteroatoms. The van der Waals surface area contributed by atoms with Crippen LogP contribution in [0.4, 0.5) is 0 Å². The van der Waals surface area contributed by atoms with Crippen LogP contribution >= 0.6 is 0 Å². The van der Waals surface area contributed by atoms with Gasteiger partial charge in [-0.2, -0.15) is 0 Å². The molecule has 1 heterocycles. The summed E-state index contributed by atoms with van der Waals surface area (Å²) in [4.78, 5) is 4.40. The Morgan fingerprint density at radius 3 is 3.00 bits per heavy atom. The van der Waals surface area contributed by atoms with Crippen LogP contribution in [0, 0.1) is 0 Å². The molecule has 15 heavy (non-hydrogen) atoms. The van der Waals surface area contributed by atoms with E-state index in [-0.39, 0.29) is 11.5 Å². The third-order valence-electron chi connectivity index (χ3n) is 3.28. The number of hydrogen-bond acceptors (Lipinski definition) is 3. The van der Waals surface area contributed by atoms with E-state index in [2.05, 4.69) is 11.9 Å². The van der Waals surface area contributed by atoms with E-state index in [1.165, 1.54) is 0 Å². The number of methoxy groups -OCH3 is 1. The standard InChI is InChI=1S/C12H17NO2/c1-12(6-5-9(14)8-12)11-10(15-2)4-3-7-13-11/h3-4,7,9,14H,5-6,8H2,1-2H3. The zero-order chi connectivity index (χ0) is 10.9. The lowest BCUT2D eigenvalue weighted by atomic mass is 9.84. The normalized spacial score (nSPS) is 30.5. The van der Waals surface area contributed by atoms with Crippen molar-refractivity contribution < 1.29 is 9.84 Å². The van der Waals surface area contributed by atoms with Crippen LogP contribution in [0.1, 0.15) is 31.9 Å². The van der Waals surface area contributed by atoms with Gasteiger partial charge in [0.1, 0.15) is 5.75 Å². The maximum absolute atomic E-state index is 9.62. The molecule has 0 saturated heterocycles. The van der Waals surface area contributed by atoms with Gasteiger partial charge in [-0.1, -0.05) is 6.92 Å². The number of hydrogen-bond donors (Lipinski definition) is 1. The van der Waals surface area contributed by atoms with Gasteiger partial charge in [-0.05, 0) is 31.4 Å². The van der Waals surface area contributed by atoms with Crippen molar-refractivity contribution in [3.05, 3.63) is 24.0 Å². The Labute approximate surface area is 90.1 Å². The van der Waals surface area contributed by atoms with E-state index in [1.54, 1.807) is 13.3 Å². The Morgan fingerprint density at radius 2 is 2.40 bits per heavy atom. The van der Waals surface area contributed by atoms with E-state index in [9.17, 15) is 5.11 Å². The first-order valence-electron chi connectivity index (χ1n) is 5.33. The molecule has 0 aromatic carbocycles. The minimum Gasteiger partial charge on any atom is -0.495 e. The summed E-state index contributed by atoms with van der Waals surface area (Å²) in [6.07, 6.45) is 4.20. The fraction of sp³-hybridized carbons (Fsp3) is 0.583. The first-order valence-corrected chi connectivity index (χ1v) is 5.33. The molecule has 1 N–H and O–H groups in total. The monoisotopic (exact) mass is 207 g/mol. The average molecular weight is 207 g/mol. The minimum absolute atomic E-state index is 0.0357. The summed E-state index contributed by atoms with van der Waals surface area (Å²) < 4.78 is 5.31. The fourth-order valence-corrected chi connectivity index (χ4v) is 2.43. The smallest absolute Gasteiger partial charge is 0.140 e. The Bertz CT molecular complexity index is 353. The first-order chi connectivity index (χ1) is 7.15. The van der Waals surface area contributed by atoms with Crippen LogP contribution in [-0.4, -0.2) is 23.3 Å². The van der Waals surface area contributed by atoms with E-state index >= 15 is 0 Å². The van der Waals surface area contributed by atoms with Crippen LogP contribution in [0.15, 0.2) is 18.3 Å². The Kier molecular flexibility index (Phi) is 2.65. The van der Waals surface area contributed by atoms with Crippen molar-refractivity contribution >= 4 is 0 Å². The molecule has 0 aliphatic heterocycles. The van der Waals surface area contributed by atoms with Gasteiger partial charge in [-0.3, -0.25) is 4.98 Å². The van der Waals surface area contributed by atoms with Crippen LogP contribution in [0.25, 0.3) is 0 Å². The Balaban J connectivity index is 2.36. The van der Waals surface area contributed by atoms with Crippen molar-refractivity contribution in [1.29, 1.82) is 0 Å². The molecule has 2 unspecified atom stereocenters. The zero-order valence-corrected chi connectivity index (χ0v) is 9.23. The summed E-state index contributed by atoms with van der Waals surface area (Å²) >= 11 is 0. The number of nitrogens with zero attached hydrogens (tertiary/aromatic N) is 1. The molecule has 82 valence electrons. The molecule has 0 bridgehead atoms. The Morgan fingerprint density at radius 1 is 1.60 bits per heavy atom. The third kappa shape index (κ3) is 1.84. The van der Waals surface area contributed by atoms with Crippen LogP contribution in [0.5, 0.6) is 5.75 Å². The topological polar surface area (TPSA) is 42.4 Å². The first kappa shape index (κ1) is 10.4. The molecule has 1 fully saturated rings. The maximum atomic E-state index is 9.62. The molecule has 0 amide bonds. The molecular weight excluding hydrogens is 190 g/mol. The molecule has 1 aromatic rings. The van der Waals surface area contributed by atoms with Gasteiger partial charge < -0.3 is 9.84 Å². The second kappa shape index (κ2) is 3.81. The van der Waals surface area contributed by atoms with Gasteiger partial charge in [0.15, 0.2) is 0 Å². The number of aliphatic hydroxyl groups is 1. The molecule has 1 aromatic heterocycles. The summed E-state index contributed by atoms with van der Waals surface area (Å²) in [5.74, 6) is 0.828. The summed E-state index contributed by atoms with van der Waals surface area (Å²) in [6.45, 7) is 2.15. The highest BCUT2D eigenvalue weighted by atomic mass is 16.5. The highest BCUT2D eigenvalue weighted by molar-refractivity contribution is 5.34. The quantitative estimate of drug-likeness (QED) is 0.805. The molecule has 0 radical (unpaired) electrons. The summed E-state index contributed by atoms with van der Waals surface area (Å²) in [7, 11) is 1.66. The lowest BCUT2D eigenvalue weighted by Crippen LogP contribution is -2.21. The van der Waals surface area contributed by atoms with Crippen molar-refractivity contribution in [2.45, 2.75) is 37.7 Å². The van der Waals surface area contributed by atoms with E-state index in [1.807, 2.05) is 12.1 Å². The second-order valence-electron chi connectivity index (χ2n) is 4.51. The largest absolute Gasteiger partial charge is 0.495 e. The second-order valence-corrected chi connectivity index (χ2v) is 4.51. The number of rotatable bonds is 2. The van der Waals surface area contributed by atoms with Gasteiger partial charge in [-0.25, -0.2) is 0 Å². The van der Waals surface area contributed by atoms with Crippen molar-refractivity contribution in [1.82, 2.24) is 4.98 Å².